The predicted molar refractivity (Wildman–Crippen MR) is 257 cm³/mol. The van der Waals surface area contributed by atoms with Crippen LogP contribution < -0.4 is 9.47 Å². The molecule has 344 valence electrons. The van der Waals surface area contributed by atoms with Gasteiger partial charge < -0.3 is 9.47 Å². The lowest BCUT2D eigenvalue weighted by Crippen LogP contribution is -2.24. The molecule has 1 aromatic carbocycles. The van der Waals surface area contributed by atoms with Gasteiger partial charge >= 0.3 is 0 Å². The SMILES string of the molecule is C=CCOc1c(OC(C=C)CC(C)(C)C)c(CCCCCCCCCCCC)c(CCCCCCCCCCCC)c(CCCCCCCCCCCC)c1S(=O)(=O)O. The highest BCUT2D eigenvalue weighted by Crippen LogP contribution is 2.46. The lowest BCUT2D eigenvalue weighted by molar-refractivity contribution is 0.173. The third-order valence-corrected chi connectivity index (χ3v) is 12.9. The fourth-order valence-corrected chi connectivity index (χ4v) is 9.55. The third kappa shape index (κ3) is 26.3. The zero-order chi connectivity index (χ0) is 43.6. The van der Waals surface area contributed by atoms with E-state index in [1.165, 1.54) is 148 Å². The average molecular weight is 845 g/mol. The third-order valence-electron chi connectivity index (χ3n) is 12.0. The molecule has 1 N–H and O–H groups in total. The molecule has 0 aromatic heterocycles. The molecule has 0 heterocycles. The zero-order valence-electron chi connectivity index (χ0n) is 39.9. The van der Waals surface area contributed by atoms with E-state index in [4.69, 9.17) is 9.47 Å². The number of benzene rings is 1. The van der Waals surface area contributed by atoms with Crippen LogP contribution >= 0.6 is 0 Å². The molecule has 0 aliphatic rings. The molecule has 6 heteroatoms. The van der Waals surface area contributed by atoms with Gasteiger partial charge in [-0.1, -0.05) is 240 Å². The Kier molecular flexibility index (Phi) is 32.5. The molecule has 1 aromatic rings. The van der Waals surface area contributed by atoms with Crippen LogP contribution in [0.3, 0.4) is 0 Å². The number of ether oxygens (including phenoxy) is 2. The Bertz CT molecular complexity index is 1310. The van der Waals surface area contributed by atoms with Gasteiger partial charge in [-0.25, -0.2) is 0 Å². The lowest BCUT2D eigenvalue weighted by Gasteiger charge is -2.30. The standard InChI is InChI=1S/C53H96O5S/c1-9-14-17-20-23-26-29-32-35-38-41-47-48(42-39-36-33-30-27-24-21-18-15-10-2)50(58-46(13-5)45-53(6,7)8)51(57-44-12-4)52(59(54,55)56)49(47)43-40-37-34-31-28-25-22-19-16-11-3/h12-13,46H,4-5,9-11,14-45H2,1-3,6-8H3,(H,54,55,56). The van der Waals surface area contributed by atoms with E-state index in [1.807, 2.05) is 6.08 Å². The van der Waals surface area contributed by atoms with Gasteiger partial charge in [0.1, 0.15) is 17.6 Å². The first kappa shape index (κ1) is 55.2. The van der Waals surface area contributed by atoms with Crippen molar-refractivity contribution in [1.29, 1.82) is 0 Å². The molecule has 1 rings (SSSR count). The van der Waals surface area contributed by atoms with Gasteiger partial charge in [-0.2, -0.15) is 8.42 Å². The van der Waals surface area contributed by atoms with Gasteiger partial charge in [0.25, 0.3) is 10.1 Å². The van der Waals surface area contributed by atoms with Crippen molar-refractivity contribution in [3.63, 3.8) is 0 Å². The fraction of sp³-hybridized carbons (Fsp3) is 0.811. The van der Waals surface area contributed by atoms with Crippen molar-refractivity contribution in [2.24, 2.45) is 5.41 Å². The molecule has 0 radical (unpaired) electrons. The van der Waals surface area contributed by atoms with Crippen LogP contribution in [0.2, 0.25) is 0 Å². The summed E-state index contributed by atoms with van der Waals surface area (Å²) >= 11 is 0. The number of unbranched alkanes of at least 4 members (excludes halogenated alkanes) is 27. The second kappa shape index (κ2) is 34.8. The molecule has 0 fully saturated rings. The van der Waals surface area contributed by atoms with E-state index in [0.717, 1.165) is 74.5 Å². The van der Waals surface area contributed by atoms with E-state index in [9.17, 15) is 13.0 Å². The minimum absolute atomic E-state index is 0.0438. The van der Waals surface area contributed by atoms with Gasteiger partial charge in [0.2, 0.25) is 0 Å². The Morgan fingerprint density at radius 3 is 1.19 bits per heavy atom. The van der Waals surface area contributed by atoms with E-state index in [0.29, 0.717) is 18.6 Å². The largest absolute Gasteiger partial charge is 0.484 e. The summed E-state index contributed by atoms with van der Waals surface area (Å²) in [6.07, 6.45) is 43.0. The van der Waals surface area contributed by atoms with Crippen molar-refractivity contribution in [3.8, 4) is 11.5 Å². The average Bonchev–Trinajstić information content (AvgIpc) is 3.19. The van der Waals surface area contributed by atoms with Gasteiger partial charge in [-0.05, 0) is 61.5 Å². The molecule has 0 bridgehead atoms. The molecular formula is C53H96O5S. The summed E-state index contributed by atoms with van der Waals surface area (Å²) in [4.78, 5) is -0.0854. The van der Waals surface area contributed by atoms with E-state index >= 15 is 0 Å². The second-order valence-electron chi connectivity index (χ2n) is 19.0. The Morgan fingerprint density at radius 1 is 0.525 bits per heavy atom. The molecule has 0 amide bonds. The molecular weight excluding hydrogens is 749 g/mol. The van der Waals surface area contributed by atoms with Crippen molar-refractivity contribution >= 4 is 10.1 Å². The second-order valence-corrected chi connectivity index (χ2v) is 20.3. The summed E-state index contributed by atoms with van der Waals surface area (Å²) in [5.74, 6) is 0.641. The van der Waals surface area contributed by atoms with Gasteiger partial charge in [0.05, 0.1) is 0 Å². The highest BCUT2D eigenvalue weighted by molar-refractivity contribution is 7.86. The maximum Gasteiger partial charge on any atom is 0.298 e. The number of rotatable bonds is 41. The molecule has 5 nitrogen and oxygen atoms in total. The number of hydrogen-bond donors (Lipinski definition) is 1. The molecule has 0 aliphatic heterocycles. The predicted octanol–water partition coefficient (Wildman–Crippen LogP) is 17.3. The van der Waals surface area contributed by atoms with Crippen molar-refractivity contribution in [2.75, 3.05) is 6.61 Å². The van der Waals surface area contributed by atoms with Crippen molar-refractivity contribution in [1.82, 2.24) is 0 Å². The smallest absolute Gasteiger partial charge is 0.298 e. The zero-order valence-corrected chi connectivity index (χ0v) is 40.7. The molecule has 0 saturated carbocycles. The minimum Gasteiger partial charge on any atom is -0.484 e. The summed E-state index contributed by atoms with van der Waals surface area (Å²) in [6, 6.07) is 0. The van der Waals surface area contributed by atoms with E-state index < -0.39 is 10.1 Å². The highest BCUT2D eigenvalue weighted by Gasteiger charge is 2.33. The monoisotopic (exact) mass is 845 g/mol. The van der Waals surface area contributed by atoms with E-state index in [1.54, 1.807) is 6.08 Å². The van der Waals surface area contributed by atoms with E-state index in [2.05, 4.69) is 54.7 Å². The molecule has 0 saturated heterocycles. The quantitative estimate of drug-likeness (QED) is 0.0404. The van der Waals surface area contributed by atoms with Gasteiger partial charge in [-0.3, -0.25) is 4.55 Å². The summed E-state index contributed by atoms with van der Waals surface area (Å²) in [5.41, 5.74) is 2.86. The topological polar surface area (TPSA) is 72.8 Å². The van der Waals surface area contributed by atoms with Gasteiger partial charge in [0, 0.05) is 5.56 Å². The normalized spacial score (nSPS) is 12.5. The van der Waals surface area contributed by atoms with Crippen LogP contribution in [0.5, 0.6) is 11.5 Å². The molecule has 1 atom stereocenters. The van der Waals surface area contributed by atoms with Crippen LogP contribution in [0.25, 0.3) is 0 Å². The number of hydrogen-bond acceptors (Lipinski definition) is 4. The van der Waals surface area contributed by atoms with E-state index in [-0.39, 0.29) is 28.8 Å². The Labute approximate surface area is 367 Å². The molecule has 0 aliphatic carbocycles. The Morgan fingerprint density at radius 2 is 0.864 bits per heavy atom. The van der Waals surface area contributed by atoms with Gasteiger partial charge in [0.15, 0.2) is 11.5 Å². The van der Waals surface area contributed by atoms with Crippen LogP contribution in [0.15, 0.2) is 30.2 Å². The van der Waals surface area contributed by atoms with Crippen LogP contribution in [-0.2, 0) is 29.4 Å². The summed E-state index contributed by atoms with van der Waals surface area (Å²) in [6.45, 7) is 21.5. The van der Waals surface area contributed by atoms with Crippen molar-refractivity contribution in [2.45, 2.75) is 271 Å². The van der Waals surface area contributed by atoms with Crippen molar-refractivity contribution < 1.29 is 22.4 Å². The molecule has 59 heavy (non-hydrogen) atoms. The van der Waals surface area contributed by atoms with Crippen LogP contribution in [0.1, 0.15) is 257 Å². The Balaban J connectivity index is 3.61. The summed E-state index contributed by atoms with van der Waals surface area (Å²) in [5, 5.41) is 0. The van der Waals surface area contributed by atoms with Crippen LogP contribution in [-0.4, -0.2) is 25.7 Å². The van der Waals surface area contributed by atoms with Gasteiger partial charge in [-0.15, -0.1) is 0 Å². The molecule has 0 spiro atoms. The molecule has 1 unspecified atom stereocenters. The van der Waals surface area contributed by atoms with Crippen LogP contribution in [0.4, 0.5) is 0 Å². The first-order chi connectivity index (χ1) is 28.4. The van der Waals surface area contributed by atoms with Crippen LogP contribution in [0, 0.1) is 5.41 Å². The first-order valence-electron chi connectivity index (χ1n) is 25.2. The lowest BCUT2D eigenvalue weighted by atomic mass is 9.87. The Hall–Kier alpha value is -1.79. The maximum absolute atomic E-state index is 13.7. The fourth-order valence-electron chi connectivity index (χ4n) is 8.63. The highest BCUT2D eigenvalue weighted by atomic mass is 32.2. The maximum atomic E-state index is 13.7. The summed E-state index contributed by atoms with van der Waals surface area (Å²) in [7, 11) is -4.66. The summed E-state index contributed by atoms with van der Waals surface area (Å²) < 4.78 is 51.8. The van der Waals surface area contributed by atoms with Crippen molar-refractivity contribution in [3.05, 3.63) is 42.0 Å². The first-order valence-corrected chi connectivity index (χ1v) is 26.6. The minimum atomic E-state index is -4.66.